The minimum atomic E-state index is -4.45. The molecule has 0 aliphatic carbocycles. The first-order chi connectivity index (χ1) is 8.19. The smallest absolute Gasteiger partial charge is 0.318 e. The van der Waals surface area contributed by atoms with E-state index in [4.69, 9.17) is 23.2 Å². The van der Waals surface area contributed by atoms with Gasteiger partial charge in [-0.2, -0.15) is 13.2 Å². The molecule has 100 valence electrons. The van der Waals surface area contributed by atoms with E-state index in [9.17, 15) is 18.0 Å². The molecule has 0 radical (unpaired) electrons. The maximum absolute atomic E-state index is 12.1. The average Bonchev–Trinajstić information content (AvgIpc) is 2.21. The molecule has 0 saturated heterocycles. The number of carbonyl (C=O) groups excluding carboxylic acids is 1. The number of rotatable bonds is 2. The van der Waals surface area contributed by atoms with Gasteiger partial charge in [0.05, 0.1) is 10.7 Å². The van der Waals surface area contributed by atoms with E-state index in [0.29, 0.717) is 9.92 Å². The zero-order valence-electron chi connectivity index (χ0n) is 9.18. The summed E-state index contributed by atoms with van der Waals surface area (Å²) in [5.74, 6) is 0. The van der Waals surface area contributed by atoms with Gasteiger partial charge in [-0.15, -0.1) is 0 Å². The van der Waals surface area contributed by atoms with Crippen LogP contribution in [0.4, 0.5) is 23.7 Å². The van der Waals surface area contributed by atoms with E-state index in [2.05, 4.69) is 5.32 Å². The van der Waals surface area contributed by atoms with E-state index in [1.807, 2.05) is 0 Å². The number of amides is 2. The van der Waals surface area contributed by atoms with Gasteiger partial charge in [-0.3, -0.25) is 0 Å². The van der Waals surface area contributed by atoms with E-state index < -0.39 is 18.8 Å². The summed E-state index contributed by atoms with van der Waals surface area (Å²) in [5, 5.41) is 2.75. The van der Waals surface area contributed by atoms with Crippen LogP contribution in [0.25, 0.3) is 0 Å². The molecule has 0 aliphatic heterocycles. The van der Waals surface area contributed by atoms with Crippen LogP contribution in [0, 0.1) is 0 Å². The number of alkyl halides is 3. The average molecular weight is 301 g/mol. The highest BCUT2D eigenvalue weighted by Gasteiger charge is 2.31. The SMILES string of the molecule is CN(CC(F)(F)F)C(=O)Nc1cc(Cl)ccc1Cl. The molecular formula is C10H9Cl2F3N2O. The number of halogens is 5. The van der Waals surface area contributed by atoms with Crippen LogP contribution in [-0.2, 0) is 0 Å². The van der Waals surface area contributed by atoms with Crippen LogP contribution in [0.15, 0.2) is 18.2 Å². The highest BCUT2D eigenvalue weighted by atomic mass is 35.5. The Kier molecular flexibility index (Phi) is 4.70. The Labute approximate surface area is 111 Å². The lowest BCUT2D eigenvalue weighted by Gasteiger charge is -2.19. The predicted octanol–water partition coefficient (Wildman–Crippen LogP) is 4.02. The third kappa shape index (κ3) is 4.62. The van der Waals surface area contributed by atoms with Crippen molar-refractivity contribution in [3.8, 4) is 0 Å². The highest BCUT2D eigenvalue weighted by Crippen LogP contribution is 2.26. The zero-order valence-corrected chi connectivity index (χ0v) is 10.7. The van der Waals surface area contributed by atoms with E-state index in [0.717, 1.165) is 7.05 Å². The lowest BCUT2D eigenvalue weighted by Crippen LogP contribution is -2.38. The summed E-state index contributed by atoms with van der Waals surface area (Å²) in [4.78, 5) is 12.0. The number of anilines is 1. The molecule has 0 aromatic heterocycles. The Balaban J connectivity index is 2.72. The van der Waals surface area contributed by atoms with Crippen molar-refractivity contribution in [2.24, 2.45) is 0 Å². The first-order valence-electron chi connectivity index (χ1n) is 4.73. The second-order valence-electron chi connectivity index (χ2n) is 3.53. The molecule has 2 amide bonds. The molecule has 3 nitrogen and oxygen atoms in total. The number of nitrogens with one attached hydrogen (secondary N) is 1. The van der Waals surface area contributed by atoms with Gasteiger partial charge in [-0.1, -0.05) is 23.2 Å². The minimum Gasteiger partial charge on any atom is -0.318 e. The molecule has 1 rings (SSSR count). The fourth-order valence-corrected chi connectivity index (χ4v) is 1.48. The van der Waals surface area contributed by atoms with Crippen LogP contribution in [0.3, 0.4) is 0 Å². The Bertz CT molecular complexity index is 451. The van der Waals surface area contributed by atoms with Crippen LogP contribution in [0.5, 0.6) is 0 Å². The number of carbonyl (C=O) groups is 1. The van der Waals surface area contributed by atoms with Crippen molar-refractivity contribution in [2.45, 2.75) is 6.18 Å². The normalized spacial score (nSPS) is 11.2. The van der Waals surface area contributed by atoms with Gasteiger partial charge in [0.15, 0.2) is 0 Å². The molecule has 0 spiro atoms. The van der Waals surface area contributed by atoms with Gasteiger partial charge in [-0.25, -0.2) is 4.79 Å². The first-order valence-corrected chi connectivity index (χ1v) is 5.48. The monoisotopic (exact) mass is 300 g/mol. The first kappa shape index (κ1) is 14.9. The highest BCUT2D eigenvalue weighted by molar-refractivity contribution is 6.35. The van der Waals surface area contributed by atoms with Gasteiger partial charge in [0, 0.05) is 12.1 Å². The molecule has 0 saturated carbocycles. The van der Waals surface area contributed by atoms with Crippen molar-refractivity contribution in [1.29, 1.82) is 0 Å². The molecule has 0 unspecified atom stereocenters. The molecule has 0 heterocycles. The topological polar surface area (TPSA) is 32.3 Å². The number of urea groups is 1. The Morgan fingerprint density at radius 2 is 2.00 bits per heavy atom. The van der Waals surface area contributed by atoms with Crippen LogP contribution in [0.1, 0.15) is 0 Å². The second kappa shape index (κ2) is 5.67. The molecule has 0 fully saturated rings. The number of hydrogen-bond acceptors (Lipinski definition) is 1. The lowest BCUT2D eigenvalue weighted by molar-refractivity contribution is -0.137. The maximum Gasteiger partial charge on any atom is 0.406 e. The van der Waals surface area contributed by atoms with Gasteiger partial charge in [0.25, 0.3) is 0 Å². The maximum atomic E-state index is 12.1. The van der Waals surface area contributed by atoms with E-state index in [1.165, 1.54) is 18.2 Å². The standard InChI is InChI=1S/C10H9Cl2F3N2O/c1-17(5-10(13,14)15)9(18)16-8-4-6(11)2-3-7(8)12/h2-4H,5H2,1H3,(H,16,18). The predicted molar refractivity (Wildman–Crippen MR) is 64.2 cm³/mol. The fraction of sp³-hybridized carbons (Fsp3) is 0.300. The summed E-state index contributed by atoms with van der Waals surface area (Å²) < 4.78 is 36.2. The minimum absolute atomic E-state index is 0.156. The van der Waals surface area contributed by atoms with E-state index in [1.54, 1.807) is 0 Å². The molecule has 1 aromatic carbocycles. The van der Waals surface area contributed by atoms with Gasteiger partial charge >= 0.3 is 12.2 Å². The number of benzene rings is 1. The summed E-state index contributed by atoms with van der Waals surface area (Å²) in [5.41, 5.74) is 0.156. The van der Waals surface area contributed by atoms with Crippen LogP contribution in [0.2, 0.25) is 10.0 Å². The van der Waals surface area contributed by atoms with Crippen LogP contribution >= 0.6 is 23.2 Å². The molecule has 0 aliphatic rings. The molecule has 1 aromatic rings. The van der Waals surface area contributed by atoms with Gasteiger partial charge in [-0.05, 0) is 18.2 Å². The lowest BCUT2D eigenvalue weighted by atomic mass is 10.3. The molecule has 8 heteroatoms. The van der Waals surface area contributed by atoms with Crippen LogP contribution in [-0.4, -0.2) is 30.7 Å². The van der Waals surface area contributed by atoms with E-state index >= 15 is 0 Å². The number of nitrogens with zero attached hydrogens (tertiary/aromatic N) is 1. The van der Waals surface area contributed by atoms with Crippen molar-refractivity contribution in [2.75, 3.05) is 18.9 Å². The van der Waals surface area contributed by atoms with Gasteiger partial charge < -0.3 is 10.2 Å². The molecule has 1 N–H and O–H groups in total. The quantitative estimate of drug-likeness (QED) is 0.879. The third-order valence-corrected chi connectivity index (χ3v) is 2.50. The summed E-state index contributed by atoms with van der Waals surface area (Å²) in [6.07, 6.45) is -4.45. The second-order valence-corrected chi connectivity index (χ2v) is 4.37. The molecule has 0 bridgehead atoms. The number of hydrogen-bond donors (Lipinski definition) is 1. The fourth-order valence-electron chi connectivity index (χ4n) is 1.14. The van der Waals surface area contributed by atoms with Gasteiger partial charge in [0.2, 0.25) is 0 Å². The van der Waals surface area contributed by atoms with Crippen molar-refractivity contribution < 1.29 is 18.0 Å². The van der Waals surface area contributed by atoms with Crippen molar-refractivity contribution >= 4 is 34.9 Å². The van der Waals surface area contributed by atoms with Crippen molar-refractivity contribution in [1.82, 2.24) is 4.90 Å². The summed E-state index contributed by atoms with van der Waals surface area (Å²) in [7, 11) is 1.03. The Morgan fingerprint density at radius 1 is 1.39 bits per heavy atom. The third-order valence-electron chi connectivity index (χ3n) is 1.93. The molecular weight excluding hydrogens is 292 g/mol. The van der Waals surface area contributed by atoms with Crippen LogP contribution < -0.4 is 5.32 Å². The van der Waals surface area contributed by atoms with E-state index in [-0.39, 0.29) is 10.7 Å². The Morgan fingerprint density at radius 3 is 2.56 bits per heavy atom. The summed E-state index contributed by atoms with van der Waals surface area (Å²) >= 11 is 11.4. The molecule has 18 heavy (non-hydrogen) atoms. The summed E-state index contributed by atoms with van der Waals surface area (Å²) in [6.45, 7) is -1.35. The largest absolute Gasteiger partial charge is 0.406 e. The molecule has 0 atom stereocenters. The van der Waals surface area contributed by atoms with Crippen molar-refractivity contribution in [3.63, 3.8) is 0 Å². The zero-order chi connectivity index (χ0) is 13.9. The Hall–Kier alpha value is -1.14. The van der Waals surface area contributed by atoms with Crippen molar-refractivity contribution in [3.05, 3.63) is 28.2 Å². The summed E-state index contributed by atoms with van der Waals surface area (Å²) in [6, 6.07) is 3.36. The van der Waals surface area contributed by atoms with Gasteiger partial charge in [0.1, 0.15) is 6.54 Å².